The van der Waals surface area contributed by atoms with Gasteiger partial charge in [0.25, 0.3) is 0 Å². The molecule has 0 aliphatic carbocycles. The minimum Gasteiger partial charge on any atom is -0.466 e. The number of aromatic nitrogens is 3. The molecule has 0 aliphatic heterocycles. The van der Waals surface area contributed by atoms with Crippen molar-refractivity contribution in [1.82, 2.24) is 14.5 Å². The highest BCUT2D eigenvalue weighted by molar-refractivity contribution is 5.75. The Morgan fingerprint density at radius 2 is 2.38 bits per heavy atom. The summed E-state index contributed by atoms with van der Waals surface area (Å²) in [6, 6.07) is 3.77. The highest BCUT2D eigenvalue weighted by Gasteiger charge is 2.12. The second kappa shape index (κ2) is 4.30. The van der Waals surface area contributed by atoms with Crippen LogP contribution in [0.5, 0.6) is 0 Å². The van der Waals surface area contributed by atoms with E-state index in [4.69, 9.17) is 4.74 Å². The van der Waals surface area contributed by atoms with Crippen molar-refractivity contribution in [3.8, 4) is 0 Å². The molecule has 0 radical (unpaired) electrons. The van der Waals surface area contributed by atoms with Crippen molar-refractivity contribution in [2.75, 3.05) is 6.61 Å². The van der Waals surface area contributed by atoms with E-state index in [1.165, 1.54) is 0 Å². The fourth-order valence-corrected chi connectivity index (χ4v) is 1.57. The zero-order chi connectivity index (χ0) is 11.5. The van der Waals surface area contributed by atoms with Crippen molar-refractivity contribution >= 4 is 17.1 Å². The fraction of sp³-hybridized carbons (Fsp3) is 0.364. The lowest BCUT2D eigenvalue weighted by molar-refractivity contribution is -0.142. The number of pyridine rings is 1. The maximum absolute atomic E-state index is 11.3. The number of ether oxygens (including phenoxy) is 1. The Kier molecular flexibility index (Phi) is 2.85. The van der Waals surface area contributed by atoms with E-state index in [0.717, 1.165) is 5.52 Å². The van der Waals surface area contributed by atoms with Gasteiger partial charge in [0.05, 0.1) is 12.1 Å². The molecule has 0 saturated heterocycles. The van der Waals surface area contributed by atoms with Crippen LogP contribution in [0.25, 0.3) is 11.2 Å². The first-order valence-corrected chi connectivity index (χ1v) is 5.14. The zero-order valence-electron chi connectivity index (χ0n) is 9.30. The lowest BCUT2D eigenvalue weighted by Crippen LogP contribution is -2.11. The maximum Gasteiger partial charge on any atom is 0.313 e. The number of nitrogens with zero attached hydrogens (tertiary/aromatic N) is 3. The molecule has 0 aromatic carbocycles. The first-order valence-electron chi connectivity index (χ1n) is 5.14. The van der Waals surface area contributed by atoms with Gasteiger partial charge in [0.1, 0.15) is 12.2 Å². The van der Waals surface area contributed by atoms with Crippen LogP contribution in [0, 0.1) is 0 Å². The van der Waals surface area contributed by atoms with Crippen LogP contribution < -0.4 is 0 Å². The molecule has 0 saturated carbocycles. The lowest BCUT2D eigenvalue weighted by atomic mass is 10.4. The monoisotopic (exact) mass is 219 g/mol. The van der Waals surface area contributed by atoms with Crippen molar-refractivity contribution in [3.05, 3.63) is 24.2 Å². The van der Waals surface area contributed by atoms with E-state index in [9.17, 15) is 4.79 Å². The Morgan fingerprint density at radius 3 is 3.06 bits per heavy atom. The molecule has 0 fully saturated rings. The third kappa shape index (κ3) is 1.88. The maximum atomic E-state index is 11.3. The van der Waals surface area contributed by atoms with Crippen LogP contribution in [0.2, 0.25) is 0 Å². The molecule has 5 nitrogen and oxygen atoms in total. The Bertz CT molecular complexity index is 519. The molecule has 2 aromatic heterocycles. The molecular formula is C11H13N3O2. The molecular weight excluding hydrogens is 206 g/mol. The number of imidazole rings is 1. The average molecular weight is 219 g/mol. The topological polar surface area (TPSA) is 57.0 Å². The molecule has 0 N–H and O–H groups in total. The Labute approximate surface area is 93.1 Å². The fourth-order valence-electron chi connectivity index (χ4n) is 1.57. The van der Waals surface area contributed by atoms with E-state index in [0.29, 0.717) is 18.1 Å². The van der Waals surface area contributed by atoms with Crippen molar-refractivity contribution < 1.29 is 9.53 Å². The number of aryl methyl sites for hydroxylation is 1. The zero-order valence-corrected chi connectivity index (χ0v) is 9.30. The van der Waals surface area contributed by atoms with Crippen molar-refractivity contribution in [2.24, 2.45) is 7.05 Å². The largest absolute Gasteiger partial charge is 0.466 e. The molecule has 2 aromatic rings. The van der Waals surface area contributed by atoms with Crippen LogP contribution in [0.1, 0.15) is 12.7 Å². The molecule has 2 rings (SSSR count). The Balaban J connectivity index is 2.31. The van der Waals surface area contributed by atoms with E-state index < -0.39 is 0 Å². The summed E-state index contributed by atoms with van der Waals surface area (Å²) in [7, 11) is 1.87. The number of hydrogen-bond acceptors (Lipinski definition) is 4. The molecule has 2 heterocycles. The van der Waals surface area contributed by atoms with Crippen LogP contribution in [-0.4, -0.2) is 27.1 Å². The van der Waals surface area contributed by atoms with Crippen molar-refractivity contribution in [2.45, 2.75) is 13.3 Å². The van der Waals surface area contributed by atoms with E-state index in [-0.39, 0.29) is 12.4 Å². The smallest absolute Gasteiger partial charge is 0.313 e. The molecule has 0 bridgehead atoms. The second-order valence-electron chi connectivity index (χ2n) is 3.41. The van der Waals surface area contributed by atoms with Gasteiger partial charge < -0.3 is 9.30 Å². The van der Waals surface area contributed by atoms with Gasteiger partial charge in [-0.1, -0.05) is 0 Å². The van der Waals surface area contributed by atoms with Gasteiger partial charge in [-0.2, -0.15) is 0 Å². The summed E-state index contributed by atoms with van der Waals surface area (Å²) in [5.41, 5.74) is 1.58. The van der Waals surface area contributed by atoms with Crippen molar-refractivity contribution in [3.63, 3.8) is 0 Å². The van der Waals surface area contributed by atoms with Gasteiger partial charge in [-0.3, -0.25) is 4.79 Å². The van der Waals surface area contributed by atoms with Gasteiger partial charge in [0.2, 0.25) is 0 Å². The van der Waals surface area contributed by atoms with Gasteiger partial charge in [-0.05, 0) is 19.1 Å². The van der Waals surface area contributed by atoms with E-state index in [1.54, 1.807) is 13.1 Å². The normalized spacial score (nSPS) is 10.6. The SMILES string of the molecule is CCOC(=O)Cc1nc2ncccc2n1C. The van der Waals surface area contributed by atoms with Crippen LogP contribution >= 0.6 is 0 Å². The number of carbonyl (C=O) groups excluding carboxylic acids is 1. The predicted octanol–water partition coefficient (Wildman–Crippen LogP) is 1.07. The number of carbonyl (C=O) groups is 1. The third-order valence-electron chi connectivity index (χ3n) is 2.36. The van der Waals surface area contributed by atoms with E-state index in [1.807, 2.05) is 23.7 Å². The molecule has 0 unspecified atom stereocenters. The van der Waals surface area contributed by atoms with Gasteiger partial charge in [-0.15, -0.1) is 0 Å². The summed E-state index contributed by atoms with van der Waals surface area (Å²) in [5.74, 6) is 0.410. The molecule has 84 valence electrons. The minimum atomic E-state index is -0.263. The minimum absolute atomic E-state index is 0.181. The quantitative estimate of drug-likeness (QED) is 0.725. The number of hydrogen-bond donors (Lipinski definition) is 0. The summed E-state index contributed by atoms with van der Waals surface area (Å²) < 4.78 is 6.74. The number of esters is 1. The van der Waals surface area contributed by atoms with Crippen molar-refractivity contribution in [1.29, 1.82) is 0 Å². The number of rotatable bonds is 3. The Morgan fingerprint density at radius 1 is 1.56 bits per heavy atom. The molecule has 0 spiro atoms. The van der Waals surface area contributed by atoms with E-state index >= 15 is 0 Å². The third-order valence-corrected chi connectivity index (χ3v) is 2.36. The summed E-state index contributed by atoms with van der Waals surface area (Å²) in [6.45, 7) is 2.18. The molecule has 0 aliphatic rings. The first-order chi connectivity index (χ1) is 7.72. The summed E-state index contributed by atoms with van der Waals surface area (Å²) in [5, 5.41) is 0. The summed E-state index contributed by atoms with van der Waals surface area (Å²) >= 11 is 0. The molecule has 5 heteroatoms. The molecule has 16 heavy (non-hydrogen) atoms. The molecule has 0 atom stereocenters. The highest BCUT2D eigenvalue weighted by atomic mass is 16.5. The predicted molar refractivity (Wildman–Crippen MR) is 58.8 cm³/mol. The van der Waals surface area contributed by atoms with E-state index in [2.05, 4.69) is 9.97 Å². The van der Waals surface area contributed by atoms with Crippen LogP contribution in [0.15, 0.2) is 18.3 Å². The first kappa shape index (κ1) is 10.6. The van der Waals surface area contributed by atoms with Gasteiger partial charge in [-0.25, -0.2) is 9.97 Å². The second-order valence-corrected chi connectivity index (χ2v) is 3.41. The van der Waals surface area contributed by atoms with Gasteiger partial charge in [0, 0.05) is 13.2 Å². The lowest BCUT2D eigenvalue weighted by Gasteiger charge is -2.01. The standard InChI is InChI=1S/C11H13N3O2/c1-3-16-10(15)7-9-13-11-8(14(9)2)5-4-6-12-11/h4-6H,3,7H2,1-2H3. The highest BCUT2D eigenvalue weighted by Crippen LogP contribution is 2.12. The van der Waals surface area contributed by atoms with Crippen LogP contribution in [-0.2, 0) is 23.0 Å². The Hall–Kier alpha value is -1.91. The summed E-state index contributed by atoms with van der Waals surface area (Å²) in [6.07, 6.45) is 1.87. The van der Waals surface area contributed by atoms with Crippen LogP contribution in [0.4, 0.5) is 0 Å². The van der Waals surface area contributed by atoms with Crippen LogP contribution in [0.3, 0.4) is 0 Å². The van der Waals surface area contributed by atoms with Gasteiger partial charge in [0.15, 0.2) is 5.65 Å². The summed E-state index contributed by atoms with van der Waals surface area (Å²) in [4.78, 5) is 19.8. The number of fused-ring (bicyclic) bond motifs is 1. The average Bonchev–Trinajstić information content (AvgIpc) is 2.57. The van der Waals surface area contributed by atoms with Gasteiger partial charge >= 0.3 is 5.97 Å². The molecule has 0 amide bonds.